The minimum absolute atomic E-state index is 1.08. The molecule has 0 saturated carbocycles. The molecule has 3 aromatic heterocycles. The van der Waals surface area contributed by atoms with Gasteiger partial charge in [-0.3, -0.25) is 4.98 Å². The van der Waals surface area contributed by atoms with Gasteiger partial charge in [-0.1, -0.05) is 36.4 Å². The first-order chi connectivity index (χ1) is 9.84. The van der Waals surface area contributed by atoms with E-state index in [1.54, 1.807) is 0 Å². The SMILES string of the molecule is Cc1cc2c3ccccc3n3c4ccccc4c(n1)c23. The average Bonchev–Trinajstić information content (AvgIpc) is 2.98. The van der Waals surface area contributed by atoms with Crippen molar-refractivity contribution in [2.75, 3.05) is 0 Å². The van der Waals surface area contributed by atoms with Gasteiger partial charge < -0.3 is 4.40 Å². The smallest absolute Gasteiger partial charge is 0.0973 e. The number of fused-ring (bicyclic) bond motifs is 6. The van der Waals surface area contributed by atoms with E-state index in [1.807, 2.05) is 0 Å². The van der Waals surface area contributed by atoms with Crippen molar-refractivity contribution in [3.8, 4) is 0 Å². The highest BCUT2D eigenvalue weighted by Gasteiger charge is 2.17. The summed E-state index contributed by atoms with van der Waals surface area (Å²) in [6, 6.07) is 19.3. The first-order valence-electron chi connectivity index (χ1n) is 6.85. The van der Waals surface area contributed by atoms with Gasteiger partial charge in [0.1, 0.15) is 0 Å². The summed E-state index contributed by atoms with van der Waals surface area (Å²) in [5.41, 5.74) is 5.95. The minimum Gasteiger partial charge on any atom is -0.306 e. The van der Waals surface area contributed by atoms with Crippen molar-refractivity contribution in [3.05, 3.63) is 60.3 Å². The van der Waals surface area contributed by atoms with Gasteiger partial charge in [-0.15, -0.1) is 0 Å². The molecule has 20 heavy (non-hydrogen) atoms. The van der Waals surface area contributed by atoms with Crippen LogP contribution in [0, 0.1) is 6.92 Å². The van der Waals surface area contributed by atoms with E-state index in [-0.39, 0.29) is 0 Å². The van der Waals surface area contributed by atoms with Crippen LogP contribution in [0.3, 0.4) is 0 Å². The van der Waals surface area contributed by atoms with Crippen molar-refractivity contribution in [2.24, 2.45) is 0 Å². The third-order valence-corrected chi connectivity index (χ3v) is 4.18. The van der Waals surface area contributed by atoms with Crippen LogP contribution >= 0.6 is 0 Å². The minimum atomic E-state index is 1.08. The maximum atomic E-state index is 4.79. The van der Waals surface area contributed by atoms with E-state index in [0.717, 1.165) is 11.2 Å². The van der Waals surface area contributed by atoms with Crippen molar-refractivity contribution in [3.63, 3.8) is 0 Å². The molecule has 0 saturated heterocycles. The molecule has 0 N–H and O–H groups in total. The molecule has 0 aliphatic carbocycles. The van der Waals surface area contributed by atoms with Crippen molar-refractivity contribution < 1.29 is 0 Å². The number of pyridine rings is 1. The number of aromatic nitrogens is 2. The standard InChI is InChI=1S/C18H12N2/c1-11-10-14-12-6-2-4-8-15(12)20-16-9-5-3-7-13(16)17(19-11)18(14)20/h2-10H,1H3. The highest BCUT2D eigenvalue weighted by Crippen LogP contribution is 2.37. The summed E-state index contributed by atoms with van der Waals surface area (Å²) in [7, 11) is 0. The molecule has 5 rings (SSSR count). The Morgan fingerprint density at radius 2 is 1.45 bits per heavy atom. The summed E-state index contributed by atoms with van der Waals surface area (Å²) in [6.45, 7) is 2.07. The van der Waals surface area contributed by atoms with Gasteiger partial charge in [0.25, 0.3) is 0 Å². The second-order valence-electron chi connectivity index (χ2n) is 5.38. The van der Waals surface area contributed by atoms with Crippen molar-refractivity contribution in [1.82, 2.24) is 9.38 Å². The Labute approximate surface area is 115 Å². The van der Waals surface area contributed by atoms with E-state index in [2.05, 4.69) is 65.9 Å². The molecule has 94 valence electrons. The van der Waals surface area contributed by atoms with Gasteiger partial charge in [0.05, 0.1) is 22.1 Å². The number of aryl methyl sites for hydroxylation is 1. The van der Waals surface area contributed by atoms with Crippen LogP contribution in [0.1, 0.15) is 5.69 Å². The van der Waals surface area contributed by atoms with Crippen LogP contribution in [0.2, 0.25) is 0 Å². The van der Waals surface area contributed by atoms with Gasteiger partial charge in [-0.05, 0) is 25.1 Å². The van der Waals surface area contributed by atoms with Gasteiger partial charge in [-0.25, -0.2) is 0 Å². The summed E-state index contributed by atoms with van der Waals surface area (Å²) in [4.78, 5) is 4.79. The molecule has 2 nitrogen and oxygen atoms in total. The first kappa shape index (κ1) is 10.2. The lowest BCUT2D eigenvalue weighted by molar-refractivity contribution is 1.27. The molecule has 0 unspecified atom stereocenters. The molecule has 0 aliphatic heterocycles. The fourth-order valence-electron chi connectivity index (χ4n) is 3.42. The van der Waals surface area contributed by atoms with E-state index >= 15 is 0 Å². The predicted octanol–water partition coefficient (Wildman–Crippen LogP) is 4.54. The Hall–Kier alpha value is -2.61. The lowest BCUT2D eigenvalue weighted by atomic mass is 10.1. The number of rotatable bonds is 0. The van der Waals surface area contributed by atoms with Crippen LogP contribution in [0.25, 0.3) is 38.2 Å². The van der Waals surface area contributed by atoms with E-state index in [4.69, 9.17) is 4.98 Å². The van der Waals surface area contributed by atoms with E-state index < -0.39 is 0 Å². The maximum Gasteiger partial charge on any atom is 0.0973 e. The zero-order valence-electron chi connectivity index (χ0n) is 11.1. The third kappa shape index (κ3) is 1.04. The molecule has 0 radical (unpaired) electrons. The van der Waals surface area contributed by atoms with Crippen LogP contribution in [-0.4, -0.2) is 9.38 Å². The van der Waals surface area contributed by atoms with Crippen LogP contribution in [0.5, 0.6) is 0 Å². The molecule has 2 heteroatoms. The number of hydrogen-bond acceptors (Lipinski definition) is 1. The molecule has 5 aromatic rings. The molecule has 0 bridgehead atoms. The third-order valence-electron chi connectivity index (χ3n) is 4.18. The molecule has 0 spiro atoms. The number of hydrogen-bond donors (Lipinski definition) is 0. The fraction of sp³-hybridized carbons (Fsp3) is 0.0556. The fourth-order valence-corrected chi connectivity index (χ4v) is 3.42. The number of para-hydroxylation sites is 2. The second kappa shape index (κ2) is 3.28. The van der Waals surface area contributed by atoms with Gasteiger partial charge in [-0.2, -0.15) is 0 Å². The lowest BCUT2D eigenvalue weighted by Gasteiger charge is -1.97. The van der Waals surface area contributed by atoms with Gasteiger partial charge in [0.15, 0.2) is 0 Å². The van der Waals surface area contributed by atoms with Gasteiger partial charge in [0, 0.05) is 21.9 Å². The zero-order chi connectivity index (χ0) is 13.3. The van der Waals surface area contributed by atoms with E-state index in [9.17, 15) is 0 Å². The Kier molecular flexibility index (Phi) is 1.68. The van der Waals surface area contributed by atoms with Crippen LogP contribution in [-0.2, 0) is 0 Å². The summed E-state index contributed by atoms with van der Waals surface area (Å²) >= 11 is 0. The Morgan fingerprint density at radius 3 is 2.25 bits per heavy atom. The summed E-state index contributed by atoms with van der Waals surface area (Å²) in [5.74, 6) is 0. The number of benzene rings is 2. The van der Waals surface area contributed by atoms with Gasteiger partial charge in [0.2, 0.25) is 0 Å². The van der Waals surface area contributed by atoms with E-state index in [1.165, 1.54) is 32.7 Å². The zero-order valence-corrected chi connectivity index (χ0v) is 11.1. The lowest BCUT2D eigenvalue weighted by Crippen LogP contribution is -1.81. The predicted molar refractivity (Wildman–Crippen MR) is 83.6 cm³/mol. The summed E-state index contributed by atoms with van der Waals surface area (Å²) in [6.07, 6.45) is 0. The highest BCUT2D eigenvalue weighted by molar-refractivity contribution is 6.21. The summed E-state index contributed by atoms with van der Waals surface area (Å²) in [5, 5.41) is 3.85. The Balaban J connectivity index is 2.30. The van der Waals surface area contributed by atoms with Crippen LogP contribution in [0.4, 0.5) is 0 Å². The molecule has 0 aliphatic rings. The molecular weight excluding hydrogens is 244 g/mol. The van der Waals surface area contributed by atoms with Crippen LogP contribution < -0.4 is 0 Å². The Morgan fingerprint density at radius 1 is 0.800 bits per heavy atom. The quantitative estimate of drug-likeness (QED) is 0.397. The van der Waals surface area contributed by atoms with Crippen molar-refractivity contribution >= 4 is 38.2 Å². The molecule has 0 fully saturated rings. The monoisotopic (exact) mass is 256 g/mol. The van der Waals surface area contributed by atoms with Gasteiger partial charge >= 0.3 is 0 Å². The Bertz CT molecular complexity index is 1020. The average molecular weight is 256 g/mol. The number of nitrogens with zero attached hydrogens (tertiary/aromatic N) is 2. The van der Waals surface area contributed by atoms with E-state index in [0.29, 0.717) is 0 Å². The maximum absolute atomic E-state index is 4.79. The molecule has 0 amide bonds. The molecular formula is C18H12N2. The van der Waals surface area contributed by atoms with Crippen molar-refractivity contribution in [1.29, 1.82) is 0 Å². The summed E-state index contributed by atoms with van der Waals surface area (Å²) < 4.78 is 2.35. The topological polar surface area (TPSA) is 17.3 Å². The largest absolute Gasteiger partial charge is 0.306 e. The van der Waals surface area contributed by atoms with Crippen LogP contribution in [0.15, 0.2) is 54.6 Å². The second-order valence-corrected chi connectivity index (χ2v) is 5.38. The molecule has 0 atom stereocenters. The molecule has 2 aromatic carbocycles. The molecule has 3 heterocycles. The van der Waals surface area contributed by atoms with Crippen molar-refractivity contribution in [2.45, 2.75) is 6.92 Å². The normalized spacial score (nSPS) is 12.2. The highest BCUT2D eigenvalue weighted by atomic mass is 14.9. The first-order valence-corrected chi connectivity index (χ1v) is 6.85.